The maximum Gasteiger partial charge on any atom is 0.262 e. The Morgan fingerprint density at radius 3 is 2.90 bits per heavy atom. The molecule has 0 aromatic heterocycles. The number of rotatable bonds is 2. The Labute approximate surface area is 122 Å². The third-order valence-electron chi connectivity index (χ3n) is 3.24. The van der Waals surface area contributed by atoms with Crippen LogP contribution in [0.25, 0.3) is 12.2 Å². The fourth-order valence-electron chi connectivity index (χ4n) is 2.18. The molecule has 1 amide bonds. The Morgan fingerprint density at radius 2 is 2.05 bits per heavy atom. The van der Waals surface area contributed by atoms with Crippen LogP contribution < -0.4 is 10.1 Å². The first-order valence-corrected chi connectivity index (χ1v) is 6.63. The number of nitrogens with one attached hydrogen (secondary N) is 1. The standard InChI is InChI=1S/C17H14FNO2/c1-11-2-6-14(18)13(8-11)5-3-12-4-7-16-15(9-12)19-17(20)10-21-16/h2-9H,10H2,1H3,(H,19,20)/b5-3+. The van der Waals surface area contributed by atoms with Crippen molar-refractivity contribution in [1.29, 1.82) is 0 Å². The second-order valence-electron chi connectivity index (χ2n) is 4.95. The molecule has 0 atom stereocenters. The number of fused-ring (bicyclic) bond motifs is 1. The fraction of sp³-hybridized carbons (Fsp3) is 0.118. The summed E-state index contributed by atoms with van der Waals surface area (Å²) in [6.45, 7) is 1.96. The first-order valence-electron chi connectivity index (χ1n) is 6.63. The van der Waals surface area contributed by atoms with E-state index < -0.39 is 0 Å². The molecule has 0 saturated heterocycles. The van der Waals surface area contributed by atoms with Crippen molar-refractivity contribution in [2.75, 3.05) is 11.9 Å². The Hall–Kier alpha value is -2.62. The molecule has 0 radical (unpaired) electrons. The minimum Gasteiger partial charge on any atom is -0.482 e. The smallest absolute Gasteiger partial charge is 0.262 e. The summed E-state index contributed by atoms with van der Waals surface area (Å²) in [7, 11) is 0. The van der Waals surface area contributed by atoms with Gasteiger partial charge in [0.2, 0.25) is 0 Å². The summed E-state index contributed by atoms with van der Waals surface area (Å²) < 4.78 is 19.0. The lowest BCUT2D eigenvalue weighted by Gasteiger charge is -2.17. The van der Waals surface area contributed by atoms with Gasteiger partial charge in [0.15, 0.2) is 6.61 Å². The zero-order valence-corrected chi connectivity index (χ0v) is 11.5. The minimum absolute atomic E-state index is 0.0384. The Morgan fingerprint density at radius 1 is 1.19 bits per heavy atom. The van der Waals surface area contributed by atoms with Gasteiger partial charge in [-0.2, -0.15) is 0 Å². The van der Waals surface area contributed by atoms with Gasteiger partial charge in [-0.15, -0.1) is 0 Å². The maximum atomic E-state index is 13.7. The van der Waals surface area contributed by atoms with Gasteiger partial charge in [0, 0.05) is 5.56 Å². The Bertz CT molecular complexity index is 738. The Kier molecular flexibility index (Phi) is 3.44. The molecule has 0 bridgehead atoms. The summed E-state index contributed by atoms with van der Waals surface area (Å²) >= 11 is 0. The van der Waals surface area contributed by atoms with Gasteiger partial charge in [-0.25, -0.2) is 4.39 Å². The van der Waals surface area contributed by atoms with Gasteiger partial charge in [-0.05, 0) is 36.8 Å². The van der Waals surface area contributed by atoms with Crippen molar-refractivity contribution in [3.63, 3.8) is 0 Å². The van der Waals surface area contributed by atoms with Crippen LogP contribution in [0.4, 0.5) is 10.1 Å². The molecule has 0 unspecified atom stereocenters. The monoisotopic (exact) mass is 283 g/mol. The zero-order chi connectivity index (χ0) is 14.8. The van der Waals surface area contributed by atoms with Crippen molar-refractivity contribution >= 4 is 23.7 Å². The van der Waals surface area contributed by atoms with E-state index in [9.17, 15) is 9.18 Å². The molecule has 1 N–H and O–H groups in total. The molecule has 2 aromatic carbocycles. The predicted octanol–water partition coefficient (Wildman–Crippen LogP) is 3.64. The van der Waals surface area contributed by atoms with E-state index in [-0.39, 0.29) is 18.3 Å². The van der Waals surface area contributed by atoms with Crippen molar-refractivity contribution < 1.29 is 13.9 Å². The highest BCUT2D eigenvalue weighted by Crippen LogP contribution is 2.29. The highest BCUT2D eigenvalue weighted by molar-refractivity contribution is 5.95. The second kappa shape index (κ2) is 5.40. The van der Waals surface area contributed by atoms with E-state index in [0.29, 0.717) is 17.0 Å². The van der Waals surface area contributed by atoms with Gasteiger partial charge < -0.3 is 10.1 Å². The highest BCUT2D eigenvalue weighted by atomic mass is 19.1. The summed E-state index contributed by atoms with van der Waals surface area (Å²) in [5, 5.41) is 2.75. The number of aryl methyl sites for hydroxylation is 1. The van der Waals surface area contributed by atoms with Gasteiger partial charge in [-0.1, -0.05) is 29.8 Å². The number of amides is 1. The second-order valence-corrected chi connectivity index (χ2v) is 4.95. The van der Waals surface area contributed by atoms with Crippen LogP contribution in [0.2, 0.25) is 0 Å². The molecule has 106 valence electrons. The van der Waals surface area contributed by atoms with Crippen LogP contribution in [0.5, 0.6) is 5.75 Å². The van der Waals surface area contributed by atoms with E-state index >= 15 is 0 Å². The maximum absolute atomic E-state index is 13.7. The van der Waals surface area contributed by atoms with Gasteiger partial charge in [0.1, 0.15) is 11.6 Å². The Balaban J connectivity index is 1.88. The van der Waals surface area contributed by atoms with Crippen LogP contribution in [0.3, 0.4) is 0 Å². The summed E-state index contributed by atoms with van der Waals surface area (Å²) in [4.78, 5) is 11.3. The van der Waals surface area contributed by atoms with Gasteiger partial charge in [-0.3, -0.25) is 4.79 Å². The van der Waals surface area contributed by atoms with Gasteiger partial charge in [0.25, 0.3) is 5.91 Å². The molecule has 0 aliphatic carbocycles. The molecule has 2 aromatic rings. The summed E-state index contributed by atoms with van der Waals surface area (Å²) in [6, 6.07) is 10.4. The van der Waals surface area contributed by atoms with Crippen molar-refractivity contribution in [3.05, 3.63) is 58.9 Å². The minimum atomic E-state index is -0.258. The SMILES string of the molecule is Cc1ccc(F)c(/C=C/c2ccc3c(c2)NC(=O)CO3)c1. The largest absolute Gasteiger partial charge is 0.482 e. The third-order valence-corrected chi connectivity index (χ3v) is 3.24. The zero-order valence-electron chi connectivity index (χ0n) is 11.5. The lowest BCUT2D eigenvalue weighted by atomic mass is 10.1. The predicted molar refractivity (Wildman–Crippen MR) is 80.6 cm³/mol. The first kappa shape index (κ1) is 13.4. The van der Waals surface area contributed by atoms with E-state index in [4.69, 9.17) is 4.74 Å². The molecular weight excluding hydrogens is 269 g/mol. The van der Waals surface area contributed by atoms with E-state index in [1.54, 1.807) is 36.4 Å². The molecule has 4 heteroatoms. The molecule has 21 heavy (non-hydrogen) atoms. The average molecular weight is 283 g/mol. The number of halogens is 1. The van der Waals surface area contributed by atoms with Gasteiger partial charge in [0.05, 0.1) is 5.69 Å². The first-order chi connectivity index (χ1) is 10.1. The van der Waals surface area contributed by atoms with Crippen LogP contribution in [-0.4, -0.2) is 12.5 Å². The number of ether oxygens (including phenoxy) is 1. The van der Waals surface area contributed by atoms with E-state index in [2.05, 4.69) is 5.32 Å². The molecule has 3 rings (SSSR count). The fourth-order valence-corrected chi connectivity index (χ4v) is 2.18. The molecule has 1 aliphatic rings. The number of hydrogen-bond donors (Lipinski definition) is 1. The number of carbonyl (C=O) groups is 1. The van der Waals surface area contributed by atoms with Crippen molar-refractivity contribution in [1.82, 2.24) is 0 Å². The van der Waals surface area contributed by atoms with Crippen LogP contribution in [0.15, 0.2) is 36.4 Å². The summed E-state index contributed by atoms with van der Waals surface area (Å²) in [6.07, 6.45) is 3.52. The van der Waals surface area contributed by atoms with Crippen molar-refractivity contribution in [2.45, 2.75) is 6.92 Å². The molecule has 0 saturated carbocycles. The topological polar surface area (TPSA) is 38.3 Å². The number of hydrogen-bond acceptors (Lipinski definition) is 2. The van der Waals surface area contributed by atoms with Crippen LogP contribution in [-0.2, 0) is 4.79 Å². The third kappa shape index (κ3) is 2.94. The number of benzene rings is 2. The highest BCUT2D eigenvalue weighted by Gasteiger charge is 2.15. The molecule has 0 fully saturated rings. The average Bonchev–Trinajstić information content (AvgIpc) is 2.47. The molecule has 0 spiro atoms. The molecule has 1 aliphatic heterocycles. The van der Waals surface area contributed by atoms with Crippen molar-refractivity contribution in [3.8, 4) is 5.75 Å². The lowest BCUT2D eigenvalue weighted by molar-refractivity contribution is -0.118. The quantitative estimate of drug-likeness (QED) is 0.855. The summed E-state index contributed by atoms with van der Waals surface area (Å²) in [5.74, 6) is 0.216. The van der Waals surface area contributed by atoms with E-state index in [0.717, 1.165) is 11.1 Å². The van der Waals surface area contributed by atoms with Crippen LogP contribution in [0, 0.1) is 12.7 Å². The molecule has 1 heterocycles. The number of carbonyl (C=O) groups excluding carboxylic acids is 1. The van der Waals surface area contributed by atoms with E-state index in [1.165, 1.54) is 6.07 Å². The molecule has 3 nitrogen and oxygen atoms in total. The van der Waals surface area contributed by atoms with E-state index in [1.807, 2.05) is 13.0 Å². The van der Waals surface area contributed by atoms with Gasteiger partial charge >= 0.3 is 0 Å². The van der Waals surface area contributed by atoms with Crippen LogP contribution >= 0.6 is 0 Å². The van der Waals surface area contributed by atoms with Crippen molar-refractivity contribution in [2.24, 2.45) is 0 Å². The normalized spacial score (nSPS) is 13.7. The van der Waals surface area contributed by atoms with Crippen LogP contribution in [0.1, 0.15) is 16.7 Å². The number of anilines is 1. The summed E-state index contributed by atoms with van der Waals surface area (Å²) in [5.41, 5.74) is 3.04. The lowest BCUT2D eigenvalue weighted by Crippen LogP contribution is -2.25. The molecular formula is C17H14FNO2.